The van der Waals surface area contributed by atoms with Crippen molar-refractivity contribution in [3.8, 4) is 5.75 Å². The minimum Gasteiger partial charge on any atom is -0.494 e. The average molecular weight is 381 g/mol. The number of carbonyl (C=O) groups is 3. The quantitative estimate of drug-likeness (QED) is 0.265. The number of carboxylic acids is 1. The molecule has 6 N–H and O–H groups in total. The van der Waals surface area contributed by atoms with E-state index < -0.39 is 29.6 Å². The summed E-state index contributed by atoms with van der Waals surface area (Å²) < 4.78 is 5.44. The molecule has 0 spiro atoms. The molecule has 0 fully saturated rings. The van der Waals surface area contributed by atoms with Crippen molar-refractivity contribution in [1.29, 1.82) is 0 Å². The molecular formula is C18H27N3O6. The van der Waals surface area contributed by atoms with Crippen LogP contribution >= 0.6 is 0 Å². The van der Waals surface area contributed by atoms with Gasteiger partial charge in [0.1, 0.15) is 5.75 Å². The number of aliphatic carboxylic acids is 1. The zero-order valence-electron chi connectivity index (χ0n) is 15.5. The molecule has 0 bridgehead atoms. The molecular weight excluding hydrogens is 354 g/mol. The monoisotopic (exact) mass is 381 g/mol. The number of rotatable bonds is 12. The van der Waals surface area contributed by atoms with Crippen LogP contribution in [0.4, 0.5) is 5.69 Å². The molecule has 9 heteroatoms. The van der Waals surface area contributed by atoms with Gasteiger partial charge in [-0.1, -0.05) is 6.92 Å². The molecule has 0 saturated carbocycles. The van der Waals surface area contributed by atoms with Crippen molar-refractivity contribution >= 4 is 23.5 Å². The van der Waals surface area contributed by atoms with Gasteiger partial charge < -0.3 is 31.3 Å². The fourth-order valence-corrected chi connectivity index (χ4v) is 2.36. The number of hydrogen-bond acceptors (Lipinski definition) is 6. The Labute approximate surface area is 157 Å². The number of primary amides is 1. The van der Waals surface area contributed by atoms with Gasteiger partial charge in [0, 0.05) is 12.1 Å². The number of nitrogens with one attached hydrogen (secondary N) is 2. The largest absolute Gasteiger partial charge is 0.494 e. The van der Waals surface area contributed by atoms with Gasteiger partial charge in [-0.2, -0.15) is 0 Å². The lowest BCUT2D eigenvalue weighted by molar-refractivity contribution is -0.137. The lowest BCUT2D eigenvalue weighted by Crippen LogP contribution is -2.62. The summed E-state index contributed by atoms with van der Waals surface area (Å²) >= 11 is 0. The number of aliphatic hydroxyl groups is 1. The standard InChI is InChI=1S/C18H27N3O6/c1-3-18(17(19)26,21-15(23)11-12(2)22)20-13-6-8-14(9-7-13)27-10-4-5-16(24)25/h6-9,12,20,22H,3-5,10-11H2,1-2H3,(H2,19,26)(H,21,23)(H,24,25). The van der Waals surface area contributed by atoms with E-state index in [0.717, 1.165) is 0 Å². The van der Waals surface area contributed by atoms with Crippen molar-refractivity contribution in [3.63, 3.8) is 0 Å². The van der Waals surface area contributed by atoms with Crippen LogP contribution in [0.25, 0.3) is 0 Å². The highest BCUT2D eigenvalue weighted by atomic mass is 16.5. The number of hydrogen-bond donors (Lipinski definition) is 5. The molecule has 9 nitrogen and oxygen atoms in total. The number of anilines is 1. The van der Waals surface area contributed by atoms with Crippen LogP contribution in [0.5, 0.6) is 5.75 Å². The normalized spacial score (nSPS) is 13.9. The third kappa shape index (κ3) is 7.53. The van der Waals surface area contributed by atoms with Gasteiger partial charge in [-0.3, -0.25) is 14.4 Å². The molecule has 0 heterocycles. The van der Waals surface area contributed by atoms with Gasteiger partial charge in [-0.05, 0) is 44.0 Å². The van der Waals surface area contributed by atoms with Crippen molar-refractivity contribution in [2.45, 2.75) is 51.3 Å². The number of ether oxygens (including phenoxy) is 1. The molecule has 2 atom stereocenters. The zero-order valence-corrected chi connectivity index (χ0v) is 15.5. The second-order valence-electron chi connectivity index (χ2n) is 6.22. The highest BCUT2D eigenvalue weighted by Crippen LogP contribution is 2.21. The predicted octanol–water partition coefficient (Wildman–Crippen LogP) is 0.821. The fraction of sp³-hybridized carbons (Fsp3) is 0.500. The Kier molecular flexibility index (Phi) is 8.53. The first-order chi connectivity index (χ1) is 12.7. The Morgan fingerprint density at radius 2 is 1.89 bits per heavy atom. The van der Waals surface area contributed by atoms with Gasteiger partial charge in [0.05, 0.1) is 19.1 Å². The van der Waals surface area contributed by atoms with Crippen molar-refractivity contribution in [3.05, 3.63) is 24.3 Å². The first-order valence-electron chi connectivity index (χ1n) is 8.70. The van der Waals surface area contributed by atoms with Crippen molar-refractivity contribution < 1.29 is 29.3 Å². The van der Waals surface area contributed by atoms with E-state index in [-0.39, 0.29) is 25.9 Å². The summed E-state index contributed by atoms with van der Waals surface area (Å²) in [5.74, 6) is -1.59. The minimum absolute atomic E-state index is 0.0312. The molecule has 1 rings (SSSR count). The molecule has 0 aliphatic rings. The van der Waals surface area contributed by atoms with Gasteiger partial charge in [-0.25, -0.2) is 0 Å². The van der Waals surface area contributed by atoms with Crippen molar-refractivity contribution in [2.75, 3.05) is 11.9 Å². The summed E-state index contributed by atoms with van der Waals surface area (Å²) in [6, 6.07) is 6.62. The van der Waals surface area contributed by atoms with Gasteiger partial charge in [0.15, 0.2) is 5.66 Å². The lowest BCUT2D eigenvalue weighted by Gasteiger charge is -2.32. The summed E-state index contributed by atoms with van der Waals surface area (Å²) in [5.41, 5.74) is 4.54. The average Bonchev–Trinajstić information content (AvgIpc) is 2.58. The van der Waals surface area contributed by atoms with Crippen LogP contribution in [-0.4, -0.2) is 46.4 Å². The smallest absolute Gasteiger partial charge is 0.303 e. The molecule has 150 valence electrons. The van der Waals surface area contributed by atoms with Crippen LogP contribution < -0.4 is 21.1 Å². The Hall–Kier alpha value is -2.81. The van der Waals surface area contributed by atoms with E-state index in [9.17, 15) is 19.5 Å². The number of carboxylic acid groups (broad SMARTS) is 1. The van der Waals surface area contributed by atoms with Crippen LogP contribution in [0.2, 0.25) is 0 Å². The predicted molar refractivity (Wildman–Crippen MR) is 99.1 cm³/mol. The maximum atomic E-state index is 12.0. The van der Waals surface area contributed by atoms with Crippen LogP contribution in [0.15, 0.2) is 24.3 Å². The summed E-state index contributed by atoms with van der Waals surface area (Å²) in [6.45, 7) is 3.44. The maximum absolute atomic E-state index is 12.0. The van der Waals surface area contributed by atoms with Crippen LogP contribution in [0, 0.1) is 0 Å². The molecule has 0 radical (unpaired) electrons. The first-order valence-corrected chi connectivity index (χ1v) is 8.70. The van der Waals surface area contributed by atoms with Gasteiger partial charge in [0.25, 0.3) is 5.91 Å². The SMILES string of the molecule is CCC(NC(=O)CC(C)O)(Nc1ccc(OCCCC(=O)O)cc1)C(N)=O. The third-order valence-corrected chi connectivity index (χ3v) is 3.80. The summed E-state index contributed by atoms with van der Waals surface area (Å²) in [6.07, 6.45) is -0.374. The van der Waals surface area contributed by atoms with E-state index in [4.69, 9.17) is 15.6 Å². The van der Waals surface area contributed by atoms with Gasteiger partial charge in [0.2, 0.25) is 5.91 Å². The van der Waals surface area contributed by atoms with Crippen molar-refractivity contribution in [1.82, 2.24) is 5.32 Å². The van der Waals surface area contributed by atoms with Crippen LogP contribution in [0.3, 0.4) is 0 Å². The Bertz CT molecular complexity index is 647. The third-order valence-electron chi connectivity index (χ3n) is 3.80. The molecule has 0 aromatic heterocycles. The molecule has 1 aromatic rings. The van der Waals surface area contributed by atoms with Crippen LogP contribution in [-0.2, 0) is 14.4 Å². The van der Waals surface area contributed by atoms with Gasteiger partial charge >= 0.3 is 5.97 Å². The molecule has 2 unspecified atom stereocenters. The van der Waals surface area contributed by atoms with Gasteiger partial charge in [-0.15, -0.1) is 0 Å². The minimum atomic E-state index is -1.49. The van der Waals surface area contributed by atoms with E-state index in [2.05, 4.69) is 10.6 Å². The number of amides is 2. The van der Waals surface area contributed by atoms with Crippen molar-refractivity contribution in [2.24, 2.45) is 5.73 Å². The second-order valence-corrected chi connectivity index (χ2v) is 6.22. The second kappa shape index (κ2) is 10.4. The Morgan fingerprint density at radius 3 is 2.37 bits per heavy atom. The highest BCUT2D eigenvalue weighted by molar-refractivity contribution is 5.92. The summed E-state index contributed by atoms with van der Waals surface area (Å²) in [5, 5.41) is 23.4. The molecule has 0 saturated heterocycles. The molecule has 27 heavy (non-hydrogen) atoms. The number of benzene rings is 1. The number of aliphatic hydroxyl groups excluding tert-OH is 1. The highest BCUT2D eigenvalue weighted by Gasteiger charge is 2.36. The fourth-order valence-electron chi connectivity index (χ4n) is 2.36. The Balaban J connectivity index is 2.76. The van der Waals surface area contributed by atoms with E-state index in [1.54, 1.807) is 31.2 Å². The van der Waals surface area contributed by atoms with E-state index in [1.165, 1.54) is 6.92 Å². The molecule has 1 aromatic carbocycles. The maximum Gasteiger partial charge on any atom is 0.303 e. The molecule has 0 aliphatic carbocycles. The summed E-state index contributed by atoms with van der Waals surface area (Å²) in [7, 11) is 0. The van der Waals surface area contributed by atoms with Crippen LogP contribution in [0.1, 0.15) is 39.5 Å². The molecule has 0 aliphatic heterocycles. The van der Waals surface area contributed by atoms with E-state index in [1.807, 2.05) is 0 Å². The lowest BCUT2D eigenvalue weighted by atomic mass is 10.0. The summed E-state index contributed by atoms with van der Waals surface area (Å²) in [4.78, 5) is 34.4. The topological polar surface area (TPSA) is 151 Å². The number of carbonyl (C=O) groups excluding carboxylic acids is 2. The zero-order chi connectivity index (χ0) is 20.4. The van der Waals surface area contributed by atoms with E-state index in [0.29, 0.717) is 17.9 Å². The number of nitrogens with two attached hydrogens (primary N) is 1. The Morgan fingerprint density at radius 1 is 1.26 bits per heavy atom. The molecule has 2 amide bonds. The van der Waals surface area contributed by atoms with E-state index >= 15 is 0 Å². The first kappa shape index (κ1) is 22.2.